The lowest BCUT2D eigenvalue weighted by molar-refractivity contribution is -0.142. The van der Waals surface area contributed by atoms with Gasteiger partial charge in [0.2, 0.25) is 5.91 Å². The molecule has 1 aromatic heterocycles. The summed E-state index contributed by atoms with van der Waals surface area (Å²) in [5.41, 5.74) is -1.44. The zero-order chi connectivity index (χ0) is 25.9. The number of pyridine rings is 1. The highest BCUT2D eigenvalue weighted by molar-refractivity contribution is 6.32. The number of morpholine rings is 1. The highest BCUT2D eigenvalue weighted by Crippen LogP contribution is 2.31. The number of ether oxygens (including phenoxy) is 1. The maximum atomic E-state index is 13.5. The van der Waals surface area contributed by atoms with Gasteiger partial charge < -0.3 is 24.5 Å². The van der Waals surface area contributed by atoms with Crippen molar-refractivity contribution in [3.05, 3.63) is 28.5 Å². The average molecular weight is 521 g/mol. The molecule has 35 heavy (non-hydrogen) atoms. The molecule has 0 spiro atoms. The van der Waals surface area contributed by atoms with E-state index in [1.165, 1.54) is 4.90 Å². The average Bonchev–Trinajstić information content (AvgIpc) is 2.81. The summed E-state index contributed by atoms with van der Waals surface area (Å²) < 4.78 is 44.3. The first-order chi connectivity index (χ1) is 16.4. The van der Waals surface area contributed by atoms with E-state index in [1.54, 1.807) is 4.90 Å². The van der Waals surface area contributed by atoms with Crippen LogP contribution >= 0.6 is 11.6 Å². The Balaban J connectivity index is 1.90. The highest BCUT2D eigenvalue weighted by atomic mass is 35.5. The Labute approximate surface area is 205 Å². The fourth-order valence-corrected chi connectivity index (χ4v) is 4.61. The van der Waals surface area contributed by atoms with Gasteiger partial charge in [0, 0.05) is 32.7 Å². The highest BCUT2D eigenvalue weighted by Gasteiger charge is 2.41. The minimum Gasteiger partial charge on any atom is -0.465 e. The van der Waals surface area contributed by atoms with E-state index in [9.17, 15) is 32.7 Å². The first kappa shape index (κ1) is 27.0. The Morgan fingerprint density at radius 2 is 1.86 bits per heavy atom. The molecule has 0 aliphatic carbocycles. The molecule has 194 valence electrons. The second kappa shape index (κ2) is 11.0. The molecule has 2 atom stereocenters. The number of likely N-dealkylation sites (tertiary alicyclic amines) is 1. The van der Waals surface area contributed by atoms with Gasteiger partial charge in [0.25, 0.3) is 5.91 Å². The number of hydrogen-bond donors (Lipinski definition) is 1. The molecule has 3 amide bonds. The van der Waals surface area contributed by atoms with E-state index < -0.39 is 41.0 Å². The maximum Gasteiger partial charge on any atom is 0.433 e. The Morgan fingerprint density at radius 3 is 2.40 bits per heavy atom. The number of halogens is 4. The third kappa shape index (κ3) is 6.54. The minimum absolute atomic E-state index is 0.00563. The second-order valence-corrected chi connectivity index (χ2v) is 9.45. The van der Waals surface area contributed by atoms with Gasteiger partial charge in [-0.1, -0.05) is 25.4 Å². The van der Waals surface area contributed by atoms with Crippen LogP contribution in [0.1, 0.15) is 36.3 Å². The van der Waals surface area contributed by atoms with Crippen molar-refractivity contribution in [1.29, 1.82) is 0 Å². The molecule has 2 fully saturated rings. The van der Waals surface area contributed by atoms with Crippen LogP contribution < -0.4 is 0 Å². The molecule has 0 aromatic carbocycles. The summed E-state index contributed by atoms with van der Waals surface area (Å²) in [6.45, 7) is 5.42. The van der Waals surface area contributed by atoms with Crippen molar-refractivity contribution in [3.63, 3.8) is 0 Å². The number of hydrogen-bond acceptors (Lipinski definition) is 5. The van der Waals surface area contributed by atoms with Crippen LogP contribution in [-0.4, -0.2) is 94.7 Å². The molecule has 9 nitrogen and oxygen atoms in total. The third-order valence-corrected chi connectivity index (χ3v) is 6.29. The summed E-state index contributed by atoms with van der Waals surface area (Å²) in [5.74, 6) is -1.60. The molecule has 0 radical (unpaired) electrons. The second-order valence-electron chi connectivity index (χ2n) is 9.10. The van der Waals surface area contributed by atoms with Crippen LogP contribution in [-0.2, 0) is 15.7 Å². The Bertz CT molecular complexity index is 956. The van der Waals surface area contributed by atoms with Gasteiger partial charge in [-0.3, -0.25) is 9.59 Å². The lowest BCUT2D eigenvalue weighted by Crippen LogP contribution is -2.58. The Kier molecular flexibility index (Phi) is 8.47. The van der Waals surface area contributed by atoms with Crippen LogP contribution in [0.5, 0.6) is 0 Å². The van der Waals surface area contributed by atoms with Crippen molar-refractivity contribution in [1.82, 2.24) is 19.7 Å². The summed E-state index contributed by atoms with van der Waals surface area (Å²) in [4.78, 5) is 45.9. The number of rotatable bonds is 5. The van der Waals surface area contributed by atoms with Crippen molar-refractivity contribution in [2.75, 3.05) is 45.9 Å². The smallest absolute Gasteiger partial charge is 0.433 e. The van der Waals surface area contributed by atoms with Crippen molar-refractivity contribution in [3.8, 4) is 0 Å². The molecule has 2 aliphatic heterocycles. The first-order valence-corrected chi connectivity index (χ1v) is 11.6. The number of piperidine rings is 1. The number of aromatic nitrogens is 1. The van der Waals surface area contributed by atoms with Crippen molar-refractivity contribution < 1.29 is 37.4 Å². The van der Waals surface area contributed by atoms with Gasteiger partial charge in [0.1, 0.15) is 10.8 Å². The summed E-state index contributed by atoms with van der Waals surface area (Å²) in [7, 11) is 0. The zero-order valence-corrected chi connectivity index (χ0v) is 20.2. The summed E-state index contributed by atoms with van der Waals surface area (Å²) in [5, 5.41) is 9.08. The van der Waals surface area contributed by atoms with Crippen LogP contribution in [0.15, 0.2) is 12.1 Å². The van der Waals surface area contributed by atoms with Gasteiger partial charge in [0.15, 0.2) is 0 Å². The molecular weight excluding hydrogens is 493 g/mol. The largest absolute Gasteiger partial charge is 0.465 e. The fourth-order valence-electron chi connectivity index (χ4n) is 4.37. The van der Waals surface area contributed by atoms with Crippen molar-refractivity contribution in [2.24, 2.45) is 11.8 Å². The molecule has 1 aromatic rings. The van der Waals surface area contributed by atoms with E-state index in [4.69, 9.17) is 16.3 Å². The monoisotopic (exact) mass is 520 g/mol. The van der Waals surface area contributed by atoms with Crippen molar-refractivity contribution >= 4 is 29.5 Å². The molecule has 3 rings (SSSR count). The molecule has 2 aliphatic rings. The maximum absolute atomic E-state index is 13.5. The molecule has 13 heteroatoms. The molecule has 0 bridgehead atoms. The van der Waals surface area contributed by atoms with Gasteiger partial charge in [-0.15, -0.1) is 0 Å². The number of alkyl halides is 3. The molecular formula is C22H28ClF3N4O5. The van der Waals surface area contributed by atoms with Crippen LogP contribution in [0.25, 0.3) is 0 Å². The lowest BCUT2D eigenvalue weighted by Gasteiger charge is -2.43. The van der Waals surface area contributed by atoms with E-state index >= 15 is 0 Å². The first-order valence-electron chi connectivity index (χ1n) is 11.3. The molecule has 2 saturated heterocycles. The van der Waals surface area contributed by atoms with E-state index in [1.807, 2.05) is 13.8 Å². The van der Waals surface area contributed by atoms with Crippen LogP contribution in [0.2, 0.25) is 5.15 Å². The van der Waals surface area contributed by atoms with E-state index in [0.717, 1.165) is 11.0 Å². The standard InChI is InChI=1S/C22H28ClF3N4O5/c1-13(2)10-30(20(32)16-3-4-17(22(24,25)26)27-18(16)23)15-9-14(11-29(12-15)21(33)34)19(31)28-5-7-35-8-6-28/h3-4,13-15H,5-12H2,1-2H3,(H,33,34)/t14-,15+/m1/s1. The van der Waals surface area contributed by atoms with Gasteiger partial charge >= 0.3 is 12.3 Å². The normalized spacial score (nSPS) is 21.2. The predicted molar refractivity (Wildman–Crippen MR) is 119 cm³/mol. The summed E-state index contributed by atoms with van der Waals surface area (Å²) >= 11 is 5.97. The molecule has 0 unspecified atom stereocenters. The topological polar surface area (TPSA) is 103 Å². The number of amides is 3. The van der Waals surface area contributed by atoms with Crippen LogP contribution in [0, 0.1) is 11.8 Å². The Morgan fingerprint density at radius 1 is 1.20 bits per heavy atom. The van der Waals surface area contributed by atoms with Gasteiger partial charge in [-0.05, 0) is 24.5 Å². The summed E-state index contributed by atoms with van der Waals surface area (Å²) in [6.07, 6.45) is -5.73. The third-order valence-electron chi connectivity index (χ3n) is 6.00. The number of nitrogens with zero attached hydrogens (tertiary/aromatic N) is 4. The minimum atomic E-state index is -4.72. The van der Waals surface area contributed by atoms with E-state index in [-0.39, 0.29) is 43.4 Å². The zero-order valence-electron chi connectivity index (χ0n) is 19.4. The van der Waals surface area contributed by atoms with Gasteiger partial charge in [-0.2, -0.15) is 13.2 Å². The van der Waals surface area contributed by atoms with Gasteiger partial charge in [-0.25, -0.2) is 9.78 Å². The number of carbonyl (C=O) groups excluding carboxylic acids is 2. The van der Waals surface area contributed by atoms with E-state index in [2.05, 4.69) is 4.98 Å². The predicted octanol–water partition coefficient (Wildman–Crippen LogP) is 3.08. The SMILES string of the molecule is CC(C)CN(C(=O)c1ccc(C(F)(F)F)nc1Cl)[C@H]1C[C@@H](C(=O)N2CCOCC2)CN(C(=O)O)C1. The summed E-state index contributed by atoms with van der Waals surface area (Å²) in [6, 6.07) is 0.979. The number of carbonyl (C=O) groups is 3. The molecule has 1 N–H and O–H groups in total. The fraction of sp³-hybridized carbons (Fsp3) is 0.636. The molecule has 3 heterocycles. The molecule has 0 saturated carbocycles. The number of carboxylic acid groups (broad SMARTS) is 1. The van der Waals surface area contributed by atoms with Crippen LogP contribution in [0.3, 0.4) is 0 Å². The Hall–Kier alpha value is -2.60. The van der Waals surface area contributed by atoms with Crippen molar-refractivity contribution in [2.45, 2.75) is 32.5 Å². The van der Waals surface area contributed by atoms with E-state index in [0.29, 0.717) is 32.4 Å². The van der Waals surface area contributed by atoms with Crippen LogP contribution in [0.4, 0.5) is 18.0 Å². The quantitative estimate of drug-likeness (QED) is 0.599. The lowest BCUT2D eigenvalue weighted by atomic mass is 9.91. The van der Waals surface area contributed by atoms with Gasteiger partial charge in [0.05, 0.1) is 30.7 Å².